The van der Waals surface area contributed by atoms with Crippen LogP contribution in [0, 0.1) is 49.4 Å². The Hall–Kier alpha value is -7.80. The number of rotatable bonds is 41. The average Bonchev–Trinajstić information content (AvgIpc) is 1.26. The molecule has 4 atom stereocenters. The third-order valence-electron chi connectivity index (χ3n) is 19.2. The molecule has 4 aromatic carbocycles. The van der Waals surface area contributed by atoms with E-state index in [-0.39, 0.29) is 10.6 Å². The zero-order valence-electron chi connectivity index (χ0n) is 56.2. The lowest BCUT2D eigenvalue weighted by atomic mass is 9.88. The van der Waals surface area contributed by atoms with Crippen molar-refractivity contribution in [3.8, 4) is 0 Å². The van der Waals surface area contributed by atoms with Gasteiger partial charge in [0.2, 0.25) is 0 Å². The normalized spacial score (nSPS) is 12.7. The summed E-state index contributed by atoms with van der Waals surface area (Å²) in [6.07, 6.45) is 31.6. The number of anilines is 3. The molecule has 0 amide bonds. The number of unbranched alkanes of at least 4 members (excludes halogenated alkanes) is 4. The first kappa shape index (κ1) is 70.7. The average molecular weight is 1240 g/mol. The molecule has 0 aliphatic rings. The fourth-order valence-corrected chi connectivity index (χ4v) is 13.1. The molecule has 0 fully saturated rings. The maximum atomic E-state index is 13.2. The molecule has 13 nitrogen and oxygen atoms in total. The summed E-state index contributed by atoms with van der Waals surface area (Å²) in [5, 5.41) is 50.2. The topological polar surface area (TPSA) is 151 Å². The lowest BCUT2D eigenvalue weighted by Gasteiger charge is -2.32. The van der Waals surface area contributed by atoms with Gasteiger partial charge in [-0.15, -0.1) is 0 Å². The van der Waals surface area contributed by atoms with Crippen LogP contribution in [0.3, 0.4) is 0 Å². The van der Waals surface area contributed by atoms with E-state index < -0.39 is 0 Å². The van der Waals surface area contributed by atoms with Crippen LogP contribution in [0.1, 0.15) is 224 Å². The molecule has 0 bridgehead atoms. The number of hydrogen-bond donors (Lipinski definition) is 0. The summed E-state index contributed by atoms with van der Waals surface area (Å²) in [6, 6.07) is 37.0. The van der Waals surface area contributed by atoms with Crippen LogP contribution < -0.4 is 28.9 Å². The van der Waals surface area contributed by atoms with Gasteiger partial charge in [0.25, 0.3) is 5.69 Å². The zero-order chi connectivity index (χ0) is 65.1. The molecule has 0 N–H and O–H groups in total. The Morgan fingerprint density at radius 2 is 0.681 bits per heavy atom. The fraction of sp³-hybridized carbons (Fsp3) is 0.487. The van der Waals surface area contributed by atoms with Crippen molar-refractivity contribution in [3.63, 3.8) is 0 Å². The number of aromatic nitrogens is 3. The number of non-ortho nitro benzene ring substituents is 1. The number of carbonyl (C=O) groups excluding carboxylic acids is 1. The molecule has 0 saturated carbocycles. The van der Waals surface area contributed by atoms with E-state index in [0.717, 1.165) is 199 Å². The van der Waals surface area contributed by atoms with E-state index in [1.165, 1.54) is 34.6 Å². The molecule has 13 heteroatoms. The van der Waals surface area contributed by atoms with Crippen LogP contribution in [0.25, 0.3) is 0 Å². The third-order valence-corrected chi connectivity index (χ3v) is 19.2. The first-order chi connectivity index (χ1) is 44.2. The van der Waals surface area contributed by atoms with E-state index in [4.69, 9.17) is 0 Å². The van der Waals surface area contributed by atoms with Gasteiger partial charge in [-0.3, -0.25) is 14.9 Å². The molecule has 0 aliphatic carbocycles. The predicted octanol–water partition coefficient (Wildman–Crippen LogP) is 18.0. The second-order valence-electron chi connectivity index (χ2n) is 25.9. The summed E-state index contributed by atoms with van der Waals surface area (Å²) in [5.41, 5.74) is 14.7. The molecule has 0 aliphatic heterocycles. The van der Waals surface area contributed by atoms with E-state index in [0.29, 0.717) is 68.5 Å². The Labute approximate surface area is 545 Å². The third kappa shape index (κ3) is 21.7. The van der Waals surface area contributed by atoms with Gasteiger partial charge >= 0.3 is 0 Å². The second kappa shape index (κ2) is 36.9. The van der Waals surface area contributed by atoms with Crippen LogP contribution in [0.15, 0.2) is 146 Å². The zero-order valence-corrected chi connectivity index (χ0v) is 56.2. The number of nitro benzene ring substituents is 1. The van der Waals surface area contributed by atoms with E-state index in [1.54, 1.807) is 36.9 Å². The van der Waals surface area contributed by atoms with E-state index in [2.05, 4.69) is 125 Å². The van der Waals surface area contributed by atoms with Gasteiger partial charge in [0.1, 0.15) is 6.29 Å². The van der Waals surface area contributed by atoms with Crippen molar-refractivity contribution in [1.82, 2.24) is 0 Å². The molecule has 4 unspecified atom stereocenters. The Morgan fingerprint density at radius 1 is 0.385 bits per heavy atom. The van der Waals surface area contributed by atoms with Crippen LogP contribution in [0.4, 0.5) is 22.7 Å². The molecular formula is C78H105N7O6. The number of aldehydes is 1. The summed E-state index contributed by atoms with van der Waals surface area (Å²) in [5.74, 6) is 1.89. The van der Waals surface area contributed by atoms with Gasteiger partial charge in [0.05, 0.1) is 4.92 Å². The lowest BCUT2D eigenvalue weighted by molar-refractivity contribution is -0.605. The predicted molar refractivity (Wildman–Crippen MR) is 372 cm³/mol. The van der Waals surface area contributed by atoms with E-state index in [9.17, 15) is 30.5 Å². The monoisotopic (exact) mass is 1240 g/mol. The quantitative estimate of drug-likeness (QED) is 0.0120. The number of carbonyl (C=O) groups is 1. The number of nitrogens with zero attached hydrogens (tertiary/aromatic N) is 7. The molecule has 3 heterocycles. The van der Waals surface area contributed by atoms with Crippen molar-refractivity contribution in [2.24, 2.45) is 23.7 Å². The SMILES string of the molecule is CCCCC(CC)Cc1ccc(N(Cc2cc[n+]([O-])cc2)Cc2cc(N(Cc3cc[n+]([O-])cc3)Cc3cc(N(Cc4cc[n+]([O-])cc4)Cc4cc([N+](=O)[O-])ccc4CC(CC)CCCC)ccc3CC(CC)CCCC)ccc2CC(CC)CCCC)cc1C=O. The highest BCUT2D eigenvalue weighted by Crippen LogP contribution is 2.36. The number of benzene rings is 4. The number of nitro groups is 1. The molecule has 3 aromatic heterocycles. The lowest BCUT2D eigenvalue weighted by Crippen LogP contribution is -2.28. The first-order valence-corrected chi connectivity index (χ1v) is 34.6. The van der Waals surface area contributed by atoms with Gasteiger partial charge in [0, 0.05) is 110 Å². The maximum Gasteiger partial charge on any atom is 0.269 e. The highest BCUT2D eigenvalue weighted by atomic mass is 16.6. The van der Waals surface area contributed by atoms with Crippen LogP contribution in [0.2, 0.25) is 0 Å². The van der Waals surface area contributed by atoms with Gasteiger partial charge in [-0.1, -0.05) is 182 Å². The minimum Gasteiger partial charge on any atom is -0.619 e. The Morgan fingerprint density at radius 3 is 0.989 bits per heavy atom. The Bertz CT molecular complexity index is 3320. The van der Waals surface area contributed by atoms with Crippen LogP contribution in [-0.4, -0.2) is 11.2 Å². The minimum absolute atomic E-state index is 0.0683. The number of hydrogen-bond acceptors (Lipinski definition) is 9. The molecule has 0 radical (unpaired) electrons. The molecule has 0 saturated heterocycles. The summed E-state index contributed by atoms with van der Waals surface area (Å²) < 4.78 is 2.45. The van der Waals surface area contributed by atoms with E-state index in [1.807, 2.05) is 42.5 Å². The van der Waals surface area contributed by atoms with Gasteiger partial charge in [-0.05, 0) is 141 Å². The molecule has 488 valence electrons. The molecule has 0 spiro atoms. The van der Waals surface area contributed by atoms with Crippen molar-refractivity contribution < 1.29 is 23.9 Å². The standard InChI is InChI=1S/C78H105N7O6/c1-9-17-21-60(13-5)45-67-26-30-76(80(54-65-35-41-83(88)42-36-65)58-73-51-78(85(90)91)32-28-69(73)47-62(15-7)23-19-11-3)49-71(67)56-79(53-64-33-39-82(87)40-34-64)75-29-25-68(46-61(14-6)22-18-10-2)72(50-75)57-81(55-66-37-43-84(89)44-38-66)77-31-27-70(74(52-77)59-86)48-63(16-8)24-20-12-4/h25-44,49-52,59-63H,9-24,45-48,53-58H2,1-8H3. The van der Waals surface area contributed by atoms with Crippen molar-refractivity contribution in [1.29, 1.82) is 0 Å². The van der Waals surface area contributed by atoms with Gasteiger partial charge in [-0.25, -0.2) is 0 Å². The largest absolute Gasteiger partial charge is 0.619 e. The van der Waals surface area contributed by atoms with Crippen molar-refractivity contribution >= 4 is 29.0 Å². The van der Waals surface area contributed by atoms with E-state index >= 15 is 0 Å². The molecule has 7 rings (SSSR count). The molecule has 91 heavy (non-hydrogen) atoms. The summed E-state index contributed by atoms with van der Waals surface area (Å²) in [4.78, 5) is 32.5. The Kier molecular flexibility index (Phi) is 28.6. The minimum atomic E-state index is -0.293. The van der Waals surface area contributed by atoms with Gasteiger partial charge in [0.15, 0.2) is 37.2 Å². The highest BCUT2D eigenvalue weighted by molar-refractivity contribution is 5.80. The van der Waals surface area contributed by atoms with Crippen molar-refractivity contribution in [2.45, 2.75) is 223 Å². The second-order valence-corrected chi connectivity index (χ2v) is 25.9. The van der Waals surface area contributed by atoms with Crippen LogP contribution in [-0.2, 0) is 65.0 Å². The summed E-state index contributed by atoms with van der Waals surface area (Å²) in [7, 11) is 0. The molecular weight excluding hydrogens is 1130 g/mol. The van der Waals surface area contributed by atoms with Crippen LogP contribution >= 0.6 is 0 Å². The van der Waals surface area contributed by atoms with Gasteiger partial charge < -0.3 is 30.3 Å². The number of pyridine rings is 3. The Balaban J connectivity index is 1.41. The summed E-state index contributed by atoms with van der Waals surface area (Å²) in [6.45, 7) is 21.0. The maximum absolute atomic E-state index is 13.2. The smallest absolute Gasteiger partial charge is 0.269 e. The summed E-state index contributed by atoms with van der Waals surface area (Å²) >= 11 is 0. The fourth-order valence-electron chi connectivity index (χ4n) is 13.1. The first-order valence-electron chi connectivity index (χ1n) is 34.6. The van der Waals surface area contributed by atoms with Gasteiger partial charge in [-0.2, -0.15) is 14.2 Å². The van der Waals surface area contributed by atoms with Crippen molar-refractivity contribution in [2.75, 3.05) is 14.7 Å². The van der Waals surface area contributed by atoms with Crippen LogP contribution in [0.5, 0.6) is 0 Å². The highest BCUT2D eigenvalue weighted by Gasteiger charge is 2.24. The van der Waals surface area contributed by atoms with Crippen molar-refractivity contribution in [3.05, 3.63) is 233 Å². The molecule has 7 aromatic rings.